The van der Waals surface area contributed by atoms with Crippen LogP contribution in [0.25, 0.3) is 5.57 Å². The van der Waals surface area contributed by atoms with E-state index in [1.54, 1.807) is 19.1 Å². The minimum absolute atomic E-state index is 0.160. The van der Waals surface area contributed by atoms with Crippen molar-refractivity contribution in [3.05, 3.63) is 64.9 Å². The summed E-state index contributed by atoms with van der Waals surface area (Å²) in [5.41, 5.74) is 5.61. The number of fused-ring (bicyclic) bond motifs is 1. The van der Waals surface area contributed by atoms with Crippen LogP contribution >= 0.6 is 0 Å². The molecule has 0 atom stereocenters. The number of hydrogen-bond acceptors (Lipinski definition) is 5. The number of benzene rings is 2. The van der Waals surface area contributed by atoms with E-state index in [0.29, 0.717) is 29.9 Å². The van der Waals surface area contributed by atoms with Crippen molar-refractivity contribution in [2.75, 3.05) is 30.3 Å². The molecule has 0 radical (unpaired) electrons. The molecule has 2 N–H and O–H groups in total. The summed E-state index contributed by atoms with van der Waals surface area (Å²) in [6.45, 7) is 7.46. The molecule has 0 saturated carbocycles. The third-order valence-electron chi connectivity index (χ3n) is 6.03. The van der Waals surface area contributed by atoms with Gasteiger partial charge in [-0.2, -0.15) is 0 Å². The van der Waals surface area contributed by atoms with Crippen LogP contribution in [-0.4, -0.2) is 36.5 Å². The van der Waals surface area contributed by atoms with Crippen LogP contribution in [0.1, 0.15) is 61.0 Å². The molecule has 0 unspecified atom stereocenters. The second kappa shape index (κ2) is 10.0. The van der Waals surface area contributed by atoms with Crippen molar-refractivity contribution in [3.63, 3.8) is 0 Å². The summed E-state index contributed by atoms with van der Waals surface area (Å²) in [5.74, 6) is -0.549. The van der Waals surface area contributed by atoms with E-state index >= 15 is 0 Å². The van der Waals surface area contributed by atoms with Crippen molar-refractivity contribution in [1.82, 2.24) is 4.90 Å². The normalized spacial score (nSPS) is 17.5. The molecule has 0 aliphatic carbocycles. The van der Waals surface area contributed by atoms with Crippen molar-refractivity contribution >= 4 is 28.8 Å². The van der Waals surface area contributed by atoms with Crippen LogP contribution in [0.3, 0.4) is 0 Å². The topological polar surface area (TPSA) is 70.7 Å². The summed E-state index contributed by atoms with van der Waals surface area (Å²) >= 11 is 0. The van der Waals surface area contributed by atoms with E-state index in [2.05, 4.69) is 39.8 Å². The minimum Gasteiger partial charge on any atom is -0.462 e. The Labute approximate surface area is 189 Å². The number of ether oxygens (including phenoxy) is 1. The van der Waals surface area contributed by atoms with Gasteiger partial charge in [0.25, 0.3) is 5.91 Å². The zero-order valence-corrected chi connectivity index (χ0v) is 18.9. The fourth-order valence-corrected chi connectivity index (χ4v) is 4.38. The predicted octanol–water partition coefficient (Wildman–Crippen LogP) is 5.03. The van der Waals surface area contributed by atoms with Crippen LogP contribution in [0.4, 0.5) is 11.4 Å². The monoisotopic (exact) mass is 433 g/mol. The third kappa shape index (κ3) is 4.86. The third-order valence-corrected chi connectivity index (χ3v) is 6.03. The maximum absolute atomic E-state index is 12.8. The van der Waals surface area contributed by atoms with Crippen LogP contribution in [0.2, 0.25) is 0 Å². The van der Waals surface area contributed by atoms with Gasteiger partial charge in [-0.1, -0.05) is 31.5 Å². The summed E-state index contributed by atoms with van der Waals surface area (Å²) < 4.78 is 5.07. The van der Waals surface area contributed by atoms with Gasteiger partial charge in [0.1, 0.15) is 0 Å². The largest absolute Gasteiger partial charge is 0.462 e. The zero-order chi connectivity index (χ0) is 22.5. The van der Waals surface area contributed by atoms with Crippen molar-refractivity contribution in [2.24, 2.45) is 0 Å². The molecule has 6 heteroatoms. The minimum atomic E-state index is -0.388. The van der Waals surface area contributed by atoms with Crippen molar-refractivity contribution in [1.29, 1.82) is 0 Å². The Morgan fingerprint density at radius 2 is 1.81 bits per heavy atom. The molecule has 168 valence electrons. The van der Waals surface area contributed by atoms with Gasteiger partial charge in [0, 0.05) is 23.5 Å². The van der Waals surface area contributed by atoms with E-state index < -0.39 is 0 Å². The van der Waals surface area contributed by atoms with Gasteiger partial charge < -0.3 is 15.4 Å². The molecule has 2 aliphatic rings. The van der Waals surface area contributed by atoms with Crippen LogP contribution in [0, 0.1) is 0 Å². The van der Waals surface area contributed by atoms with E-state index in [4.69, 9.17) is 4.74 Å². The first kappa shape index (κ1) is 22.1. The Hall–Kier alpha value is -3.12. The van der Waals surface area contributed by atoms with Crippen LogP contribution in [-0.2, 0) is 16.1 Å². The first-order chi connectivity index (χ1) is 15.6. The van der Waals surface area contributed by atoms with Gasteiger partial charge in [0.05, 0.1) is 23.4 Å². The number of anilines is 2. The molecule has 0 bridgehead atoms. The lowest BCUT2D eigenvalue weighted by Crippen LogP contribution is -2.29. The Balaban J connectivity index is 1.52. The highest BCUT2D eigenvalue weighted by Crippen LogP contribution is 2.36. The smallest absolute Gasteiger partial charge is 0.338 e. The van der Waals surface area contributed by atoms with E-state index in [9.17, 15) is 9.59 Å². The first-order valence-electron chi connectivity index (χ1n) is 11.5. The lowest BCUT2D eigenvalue weighted by molar-refractivity contribution is -0.110. The number of likely N-dealkylation sites (tertiary alicyclic amines) is 1. The summed E-state index contributed by atoms with van der Waals surface area (Å²) in [6.07, 6.45) is 4.60. The molecule has 2 aromatic rings. The predicted molar refractivity (Wildman–Crippen MR) is 127 cm³/mol. The standard InChI is InChI=1S/C26H31N3O3/c1-3-22(27-20-11-8-18(9-12-20)17-29-14-6-5-7-15-29)24-21-13-10-19(26(31)32-4-2)16-23(21)28-25(24)30/h8-13,16,27H,3-7,14-15,17H2,1-2H3,(H,28,30). The lowest BCUT2D eigenvalue weighted by Gasteiger charge is -2.26. The second-order valence-corrected chi connectivity index (χ2v) is 8.30. The number of hydrogen-bond donors (Lipinski definition) is 2. The van der Waals surface area contributed by atoms with E-state index in [1.165, 1.54) is 37.9 Å². The van der Waals surface area contributed by atoms with Gasteiger partial charge >= 0.3 is 5.97 Å². The highest BCUT2D eigenvalue weighted by molar-refractivity contribution is 6.32. The fraction of sp³-hybridized carbons (Fsp3) is 0.385. The van der Waals surface area contributed by atoms with Gasteiger partial charge in [-0.15, -0.1) is 0 Å². The quantitative estimate of drug-likeness (QED) is 0.473. The highest BCUT2D eigenvalue weighted by atomic mass is 16.5. The lowest BCUT2D eigenvalue weighted by atomic mass is 10.0. The SMILES string of the molecule is CCOC(=O)c1ccc2c(c1)NC(=O)C2=C(CC)Nc1ccc(CN2CCCCC2)cc1. The highest BCUT2D eigenvalue weighted by Gasteiger charge is 2.28. The van der Waals surface area contributed by atoms with E-state index in [1.807, 2.05) is 13.0 Å². The molecule has 1 saturated heterocycles. The number of rotatable bonds is 7. The number of nitrogens with one attached hydrogen (secondary N) is 2. The Bertz CT molecular complexity index is 1020. The van der Waals surface area contributed by atoms with Gasteiger partial charge in [-0.3, -0.25) is 9.69 Å². The molecule has 6 nitrogen and oxygen atoms in total. The molecular formula is C26H31N3O3. The number of nitrogens with zero attached hydrogens (tertiary/aromatic N) is 1. The number of amides is 1. The first-order valence-corrected chi connectivity index (χ1v) is 11.5. The van der Waals surface area contributed by atoms with Gasteiger partial charge in [0.15, 0.2) is 0 Å². The van der Waals surface area contributed by atoms with Crippen molar-refractivity contribution in [2.45, 2.75) is 46.1 Å². The Morgan fingerprint density at radius 3 is 2.50 bits per heavy atom. The summed E-state index contributed by atoms with van der Waals surface area (Å²) in [5, 5.41) is 6.33. The average Bonchev–Trinajstić information content (AvgIpc) is 3.14. The number of carbonyl (C=O) groups is 2. The number of esters is 1. The summed E-state index contributed by atoms with van der Waals surface area (Å²) in [7, 11) is 0. The molecule has 2 aliphatic heterocycles. The number of carbonyl (C=O) groups excluding carboxylic acids is 2. The molecule has 0 aromatic heterocycles. The summed E-state index contributed by atoms with van der Waals surface area (Å²) in [6, 6.07) is 13.7. The molecule has 0 spiro atoms. The Kier molecular flexibility index (Phi) is 6.90. The molecular weight excluding hydrogens is 402 g/mol. The van der Waals surface area contributed by atoms with Crippen molar-refractivity contribution < 1.29 is 14.3 Å². The fourth-order valence-electron chi connectivity index (χ4n) is 4.38. The van der Waals surface area contributed by atoms with Gasteiger partial charge in [-0.05, 0) is 69.1 Å². The van der Waals surface area contributed by atoms with Crippen LogP contribution in [0.5, 0.6) is 0 Å². The number of allylic oxidation sites excluding steroid dienone is 1. The molecule has 2 heterocycles. The van der Waals surface area contributed by atoms with Crippen LogP contribution in [0.15, 0.2) is 48.2 Å². The molecule has 2 aromatic carbocycles. The maximum Gasteiger partial charge on any atom is 0.338 e. The summed E-state index contributed by atoms with van der Waals surface area (Å²) in [4.78, 5) is 27.3. The maximum atomic E-state index is 12.8. The number of piperidine rings is 1. The van der Waals surface area contributed by atoms with Crippen LogP contribution < -0.4 is 10.6 Å². The molecule has 1 amide bonds. The van der Waals surface area contributed by atoms with Crippen molar-refractivity contribution in [3.8, 4) is 0 Å². The van der Waals surface area contributed by atoms with Gasteiger partial charge in [0.2, 0.25) is 0 Å². The molecule has 4 rings (SSSR count). The second-order valence-electron chi connectivity index (χ2n) is 8.30. The zero-order valence-electron chi connectivity index (χ0n) is 18.9. The van der Waals surface area contributed by atoms with E-state index in [0.717, 1.165) is 23.5 Å². The van der Waals surface area contributed by atoms with E-state index in [-0.39, 0.29) is 11.9 Å². The molecule has 32 heavy (non-hydrogen) atoms. The molecule has 1 fully saturated rings. The average molecular weight is 434 g/mol. The van der Waals surface area contributed by atoms with Gasteiger partial charge in [-0.25, -0.2) is 4.79 Å². The Morgan fingerprint density at radius 1 is 1.06 bits per heavy atom.